The lowest BCUT2D eigenvalue weighted by atomic mass is 10.00. The summed E-state index contributed by atoms with van der Waals surface area (Å²) in [7, 11) is 0. The number of anilines is 2. The number of rotatable bonds is 3. The number of hydrogen-bond acceptors (Lipinski definition) is 5. The summed E-state index contributed by atoms with van der Waals surface area (Å²) >= 11 is 1.39. The first kappa shape index (κ1) is 13.1. The van der Waals surface area contributed by atoms with E-state index in [-0.39, 0.29) is 5.91 Å². The van der Waals surface area contributed by atoms with Crippen LogP contribution in [0.15, 0.2) is 0 Å². The van der Waals surface area contributed by atoms with Gasteiger partial charge in [-0.3, -0.25) is 4.79 Å². The topological polar surface area (TPSA) is 71.2 Å². The van der Waals surface area contributed by atoms with Crippen molar-refractivity contribution in [3.05, 3.63) is 4.88 Å². The summed E-state index contributed by atoms with van der Waals surface area (Å²) in [5, 5.41) is 3.63. The highest BCUT2D eigenvalue weighted by Crippen LogP contribution is 2.30. The Kier molecular flexibility index (Phi) is 4.06. The first-order valence-electron chi connectivity index (χ1n) is 6.41. The van der Waals surface area contributed by atoms with Crippen molar-refractivity contribution >= 4 is 28.2 Å². The minimum Gasteiger partial charge on any atom is -0.382 e. The Morgan fingerprint density at radius 2 is 2.22 bits per heavy atom. The average Bonchev–Trinajstić information content (AvgIpc) is 2.72. The molecule has 6 heteroatoms. The molecule has 0 bridgehead atoms. The molecule has 1 saturated heterocycles. The summed E-state index contributed by atoms with van der Waals surface area (Å²) in [6.45, 7) is 6.77. The molecule has 1 aliphatic heterocycles. The van der Waals surface area contributed by atoms with E-state index < -0.39 is 0 Å². The number of piperidine rings is 1. The molecule has 0 aliphatic carbocycles. The lowest BCUT2D eigenvalue weighted by Gasteiger charge is -2.29. The maximum Gasteiger partial charge on any atom is 0.265 e. The van der Waals surface area contributed by atoms with Gasteiger partial charge in [-0.25, -0.2) is 4.98 Å². The standard InChI is InChI=1S/C12H20N4OS/c1-3-14-11(17)9-10(13)15-12(18-9)16-6-4-8(2)5-7-16/h8H,3-7,13H2,1-2H3,(H,14,17). The molecule has 1 amide bonds. The Bertz CT molecular complexity index is 424. The fourth-order valence-corrected chi connectivity index (χ4v) is 3.01. The number of nitrogens with two attached hydrogens (primary N) is 1. The summed E-state index contributed by atoms with van der Waals surface area (Å²) in [5.41, 5.74) is 5.82. The van der Waals surface area contributed by atoms with Crippen molar-refractivity contribution in [1.29, 1.82) is 0 Å². The Hall–Kier alpha value is -1.30. The van der Waals surface area contributed by atoms with Crippen molar-refractivity contribution in [3.8, 4) is 0 Å². The van der Waals surface area contributed by atoms with Crippen LogP contribution in [0, 0.1) is 5.92 Å². The van der Waals surface area contributed by atoms with Crippen LogP contribution < -0.4 is 16.0 Å². The van der Waals surface area contributed by atoms with E-state index in [0.717, 1.165) is 24.1 Å². The predicted molar refractivity (Wildman–Crippen MR) is 75.1 cm³/mol. The third kappa shape index (κ3) is 2.75. The molecule has 1 aromatic heterocycles. The number of thiazole rings is 1. The van der Waals surface area contributed by atoms with E-state index in [2.05, 4.69) is 22.1 Å². The molecule has 0 saturated carbocycles. The van der Waals surface area contributed by atoms with Crippen LogP contribution in [-0.2, 0) is 0 Å². The Morgan fingerprint density at radius 3 is 2.83 bits per heavy atom. The number of carbonyl (C=O) groups excluding carboxylic acids is 1. The largest absolute Gasteiger partial charge is 0.382 e. The zero-order valence-electron chi connectivity index (χ0n) is 10.9. The van der Waals surface area contributed by atoms with Crippen molar-refractivity contribution in [2.24, 2.45) is 5.92 Å². The molecule has 0 atom stereocenters. The van der Waals surface area contributed by atoms with Crippen LogP contribution in [0.25, 0.3) is 0 Å². The normalized spacial score (nSPS) is 16.9. The smallest absolute Gasteiger partial charge is 0.265 e. The van der Waals surface area contributed by atoms with E-state index in [1.54, 1.807) is 0 Å². The maximum atomic E-state index is 11.8. The van der Waals surface area contributed by atoms with Gasteiger partial charge in [-0.1, -0.05) is 18.3 Å². The number of carbonyl (C=O) groups is 1. The predicted octanol–water partition coefficient (Wildman–Crippen LogP) is 1.71. The molecule has 5 nitrogen and oxygen atoms in total. The van der Waals surface area contributed by atoms with Gasteiger partial charge in [-0.05, 0) is 25.7 Å². The van der Waals surface area contributed by atoms with Gasteiger partial charge < -0.3 is 16.0 Å². The summed E-state index contributed by atoms with van der Waals surface area (Å²) in [6.07, 6.45) is 2.35. The van der Waals surface area contributed by atoms with Crippen LogP contribution in [0.4, 0.5) is 10.9 Å². The van der Waals surface area contributed by atoms with Crippen molar-refractivity contribution in [2.75, 3.05) is 30.3 Å². The molecule has 2 rings (SSSR count). The molecule has 1 aromatic rings. The lowest BCUT2D eigenvalue weighted by Crippen LogP contribution is -2.32. The van der Waals surface area contributed by atoms with Gasteiger partial charge in [0.25, 0.3) is 5.91 Å². The van der Waals surface area contributed by atoms with Gasteiger partial charge in [-0.15, -0.1) is 0 Å². The van der Waals surface area contributed by atoms with Crippen LogP contribution in [0.5, 0.6) is 0 Å². The molecular formula is C12H20N4OS. The van der Waals surface area contributed by atoms with Crippen molar-refractivity contribution in [3.63, 3.8) is 0 Å². The fraction of sp³-hybridized carbons (Fsp3) is 0.667. The number of nitrogens with zero attached hydrogens (tertiary/aromatic N) is 2. The molecule has 3 N–H and O–H groups in total. The third-order valence-corrected chi connectivity index (χ3v) is 4.37. The first-order chi connectivity index (χ1) is 8.61. The van der Waals surface area contributed by atoms with Crippen LogP contribution in [-0.4, -0.2) is 30.5 Å². The summed E-state index contributed by atoms with van der Waals surface area (Å²) < 4.78 is 0. The second-order valence-corrected chi connectivity index (χ2v) is 5.72. The molecule has 0 unspecified atom stereocenters. The maximum absolute atomic E-state index is 11.8. The molecule has 0 radical (unpaired) electrons. The van der Waals surface area contributed by atoms with Gasteiger partial charge in [0.05, 0.1) is 0 Å². The van der Waals surface area contributed by atoms with Crippen molar-refractivity contribution in [1.82, 2.24) is 10.3 Å². The van der Waals surface area contributed by atoms with Gasteiger partial charge in [0, 0.05) is 19.6 Å². The zero-order chi connectivity index (χ0) is 13.1. The molecule has 1 fully saturated rings. The SMILES string of the molecule is CCNC(=O)c1sc(N2CCC(C)CC2)nc1N. The molecule has 100 valence electrons. The second-order valence-electron chi connectivity index (χ2n) is 4.74. The molecule has 0 aromatic carbocycles. The minimum atomic E-state index is -0.121. The van der Waals surface area contributed by atoms with Gasteiger partial charge >= 0.3 is 0 Å². The second kappa shape index (κ2) is 5.56. The van der Waals surface area contributed by atoms with Crippen LogP contribution in [0.1, 0.15) is 36.4 Å². The lowest BCUT2D eigenvalue weighted by molar-refractivity contribution is 0.0960. The average molecular weight is 268 g/mol. The number of nitrogens with one attached hydrogen (secondary N) is 1. The summed E-state index contributed by atoms with van der Waals surface area (Å²) in [4.78, 5) is 18.9. The third-order valence-electron chi connectivity index (χ3n) is 3.24. The van der Waals surface area contributed by atoms with Gasteiger partial charge in [0.15, 0.2) is 5.13 Å². The Balaban J connectivity index is 2.11. The number of amides is 1. The fourth-order valence-electron chi connectivity index (χ4n) is 2.06. The highest BCUT2D eigenvalue weighted by atomic mass is 32.1. The van der Waals surface area contributed by atoms with Gasteiger partial charge in [-0.2, -0.15) is 0 Å². The van der Waals surface area contributed by atoms with Crippen LogP contribution in [0.3, 0.4) is 0 Å². The monoisotopic (exact) mass is 268 g/mol. The van der Waals surface area contributed by atoms with E-state index in [9.17, 15) is 4.79 Å². The van der Waals surface area contributed by atoms with E-state index in [0.29, 0.717) is 17.2 Å². The molecule has 18 heavy (non-hydrogen) atoms. The van der Waals surface area contributed by atoms with E-state index >= 15 is 0 Å². The van der Waals surface area contributed by atoms with Crippen molar-refractivity contribution < 1.29 is 4.79 Å². The number of nitrogen functional groups attached to an aromatic ring is 1. The minimum absolute atomic E-state index is 0.121. The quantitative estimate of drug-likeness (QED) is 0.875. The van der Waals surface area contributed by atoms with Gasteiger partial charge in [0.1, 0.15) is 10.7 Å². The number of hydrogen-bond donors (Lipinski definition) is 2. The highest BCUT2D eigenvalue weighted by molar-refractivity contribution is 7.18. The molecular weight excluding hydrogens is 248 g/mol. The van der Waals surface area contributed by atoms with Gasteiger partial charge in [0.2, 0.25) is 0 Å². The zero-order valence-corrected chi connectivity index (χ0v) is 11.7. The Labute approximate surface area is 111 Å². The van der Waals surface area contributed by atoms with Crippen molar-refractivity contribution in [2.45, 2.75) is 26.7 Å². The molecule has 1 aliphatic rings. The summed E-state index contributed by atoms with van der Waals surface area (Å²) in [5.74, 6) is 1.00. The number of aromatic nitrogens is 1. The van der Waals surface area contributed by atoms with Crippen LogP contribution >= 0.6 is 11.3 Å². The van der Waals surface area contributed by atoms with E-state index in [1.807, 2.05) is 6.92 Å². The highest BCUT2D eigenvalue weighted by Gasteiger charge is 2.22. The summed E-state index contributed by atoms with van der Waals surface area (Å²) in [6, 6.07) is 0. The van der Waals surface area contributed by atoms with E-state index in [1.165, 1.54) is 24.2 Å². The first-order valence-corrected chi connectivity index (χ1v) is 7.23. The van der Waals surface area contributed by atoms with Crippen LogP contribution in [0.2, 0.25) is 0 Å². The molecule has 0 spiro atoms. The van der Waals surface area contributed by atoms with E-state index in [4.69, 9.17) is 5.73 Å². The molecule has 2 heterocycles. The Morgan fingerprint density at radius 1 is 1.56 bits per heavy atom.